The van der Waals surface area contributed by atoms with Gasteiger partial charge in [0.05, 0.1) is 12.2 Å². The molecule has 3 rings (SSSR count). The average Bonchev–Trinajstić information content (AvgIpc) is 3.25. The van der Waals surface area contributed by atoms with E-state index in [1.54, 1.807) is 0 Å². The van der Waals surface area contributed by atoms with Crippen molar-refractivity contribution in [2.24, 2.45) is 0 Å². The Morgan fingerprint density at radius 3 is 2.70 bits per heavy atom. The molecule has 0 saturated heterocycles. The van der Waals surface area contributed by atoms with Crippen molar-refractivity contribution in [3.8, 4) is 5.75 Å². The van der Waals surface area contributed by atoms with Gasteiger partial charge in [-0.25, -0.2) is 0 Å². The molecular formula is C17H17BrO2. The van der Waals surface area contributed by atoms with Crippen LogP contribution in [-0.2, 0) is 6.42 Å². The minimum absolute atomic E-state index is 0.380. The van der Waals surface area contributed by atoms with Crippen molar-refractivity contribution in [1.29, 1.82) is 0 Å². The van der Waals surface area contributed by atoms with Gasteiger partial charge in [0.2, 0.25) is 0 Å². The van der Waals surface area contributed by atoms with Gasteiger partial charge in [0.15, 0.2) is 0 Å². The smallest absolute Gasteiger partial charge is 0.120 e. The van der Waals surface area contributed by atoms with Crippen molar-refractivity contribution in [3.05, 3.63) is 64.1 Å². The summed E-state index contributed by atoms with van der Waals surface area (Å²) in [6.45, 7) is 0. The van der Waals surface area contributed by atoms with Crippen LogP contribution in [0.4, 0.5) is 0 Å². The molecule has 1 atom stereocenters. The fourth-order valence-electron chi connectivity index (χ4n) is 2.16. The van der Waals surface area contributed by atoms with E-state index in [0.717, 1.165) is 34.2 Å². The fourth-order valence-corrected chi connectivity index (χ4v) is 2.61. The van der Waals surface area contributed by atoms with E-state index in [4.69, 9.17) is 4.74 Å². The lowest BCUT2D eigenvalue weighted by Gasteiger charge is -2.14. The second kappa shape index (κ2) is 5.98. The molecule has 0 radical (unpaired) electrons. The second-order valence-corrected chi connectivity index (χ2v) is 6.06. The van der Waals surface area contributed by atoms with Gasteiger partial charge < -0.3 is 9.84 Å². The first-order valence-corrected chi connectivity index (χ1v) is 7.70. The maximum absolute atomic E-state index is 10.4. The summed E-state index contributed by atoms with van der Waals surface area (Å²) in [7, 11) is 0. The van der Waals surface area contributed by atoms with Crippen LogP contribution in [0.25, 0.3) is 0 Å². The number of rotatable bonds is 5. The Morgan fingerprint density at radius 1 is 1.15 bits per heavy atom. The zero-order valence-corrected chi connectivity index (χ0v) is 12.7. The highest BCUT2D eigenvalue weighted by molar-refractivity contribution is 9.10. The van der Waals surface area contributed by atoms with Gasteiger partial charge in [0, 0.05) is 10.9 Å². The monoisotopic (exact) mass is 332 g/mol. The SMILES string of the molecule is OC(Cc1ccccc1Br)c1cccc(OC2CC2)c1. The van der Waals surface area contributed by atoms with Crippen LogP contribution in [0.2, 0.25) is 0 Å². The molecule has 1 unspecified atom stereocenters. The predicted molar refractivity (Wildman–Crippen MR) is 82.9 cm³/mol. The summed E-state index contributed by atoms with van der Waals surface area (Å²) in [5.41, 5.74) is 2.01. The zero-order chi connectivity index (χ0) is 13.9. The van der Waals surface area contributed by atoms with Gasteiger partial charge >= 0.3 is 0 Å². The Hall–Kier alpha value is -1.32. The van der Waals surface area contributed by atoms with Crippen LogP contribution in [0.5, 0.6) is 5.75 Å². The van der Waals surface area contributed by atoms with Crippen LogP contribution in [-0.4, -0.2) is 11.2 Å². The van der Waals surface area contributed by atoms with Crippen molar-refractivity contribution in [2.45, 2.75) is 31.5 Å². The topological polar surface area (TPSA) is 29.5 Å². The molecule has 2 aromatic carbocycles. The minimum Gasteiger partial charge on any atom is -0.490 e. The molecule has 0 aliphatic heterocycles. The number of hydrogen-bond acceptors (Lipinski definition) is 2. The van der Waals surface area contributed by atoms with Crippen LogP contribution in [0.1, 0.15) is 30.1 Å². The molecular weight excluding hydrogens is 316 g/mol. The van der Waals surface area contributed by atoms with Gasteiger partial charge in [-0.3, -0.25) is 0 Å². The van der Waals surface area contributed by atoms with Crippen molar-refractivity contribution in [1.82, 2.24) is 0 Å². The summed E-state index contributed by atoms with van der Waals surface area (Å²) in [6.07, 6.45) is 2.74. The van der Waals surface area contributed by atoms with E-state index < -0.39 is 6.10 Å². The van der Waals surface area contributed by atoms with E-state index in [-0.39, 0.29) is 0 Å². The summed E-state index contributed by atoms with van der Waals surface area (Å²) in [5, 5.41) is 10.4. The molecule has 0 bridgehead atoms. The Morgan fingerprint density at radius 2 is 1.95 bits per heavy atom. The van der Waals surface area contributed by atoms with Gasteiger partial charge in [-0.05, 0) is 42.2 Å². The molecule has 1 aliphatic carbocycles. The van der Waals surface area contributed by atoms with Gasteiger partial charge in [-0.1, -0.05) is 46.3 Å². The fraction of sp³-hybridized carbons (Fsp3) is 0.294. The molecule has 1 N–H and O–H groups in total. The lowest BCUT2D eigenvalue weighted by Crippen LogP contribution is -2.03. The standard InChI is InChI=1S/C17H17BrO2/c18-16-7-2-1-4-12(16)11-17(19)13-5-3-6-15(10-13)20-14-8-9-14/h1-7,10,14,17,19H,8-9,11H2. The largest absolute Gasteiger partial charge is 0.490 e. The Labute approximate surface area is 127 Å². The number of ether oxygens (including phenoxy) is 1. The number of halogens is 1. The van der Waals surface area contributed by atoms with Crippen LogP contribution < -0.4 is 4.74 Å². The highest BCUT2D eigenvalue weighted by Crippen LogP contribution is 2.29. The van der Waals surface area contributed by atoms with Gasteiger partial charge in [-0.2, -0.15) is 0 Å². The van der Waals surface area contributed by atoms with Crippen LogP contribution in [0.15, 0.2) is 53.0 Å². The highest BCUT2D eigenvalue weighted by Gasteiger charge is 2.23. The number of aliphatic hydroxyl groups is 1. The lowest BCUT2D eigenvalue weighted by atomic mass is 10.0. The molecule has 0 spiro atoms. The first-order chi connectivity index (χ1) is 9.72. The van der Waals surface area contributed by atoms with Gasteiger partial charge in [0.25, 0.3) is 0 Å². The molecule has 0 heterocycles. The average molecular weight is 333 g/mol. The molecule has 0 aromatic heterocycles. The zero-order valence-electron chi connectivity index (χ0n) is 11.1. The summed E-state index contributed by atoms with van der Waals surface area (Å²) in [4.78, 5) is 0. The highest BCUT2D eigenvalue weighted by atomic mass is 79.9. The number of aliphatic hydroxyl groups excluding tert-OH is 1. The van der Waals surface area contributed by atoms with E-state index in [9.17, 15) is 5.11 Å². The molecule has 0 amide bonds. The third kappa shape index (κ3) is 3.41. The summed E-state index contributed by atoms with van der Waals surface area (Å²) in [5.74, 6) is 0.858. The van der Waals surface area contributed by atoms with Crippen molar-refractivity contribution < 1.29 is 9.84 Å². The minimum atomic E-state index is -0.517. The van der Waals surface area contributed by atoms with Gasteiger partial charge in [0.1, 0.15) is 5.75 Å². The molecule has 20 heavy (non-hydrogen) atoms. The van der Waals surface area contributed by atoms with Gasteiger partial charge in [-0.15, -0.1) is 0 Å². The number of hydrogen-bond donors (Lipinski definition) is 1. The first kappa shape index (κ1) is 13.7. The molecule has 104 valence electrons. The van der Waals surface area contributed by atoms with Crippen LogP contribution in [0.3, 0.4) is 0 Å². The summed E-state index contributed by atoms with van der Waals surface area (Å²) >= 11 is 3.52. The maximum atomic E-state index is 10.4. The Bertz CT molecular complexity index is 593. The predicted octanol–water partition coefficient (Wildman–Crippen LogP) is 4.27. The molecule has 1 aliphatic rings. The van der Waals surface area contributed by atoms with E-state index in [1.165, 1.54) is 0 Å². The van der Waals surface area contributed by atoms with E-state index in [1.807, 2.05) is 48.5 Å². The van der Waals surface area contributed by atoms with E-state index in [2.05, 4.69) is 15.9 Å². The third-order valence-electron chi connectivity index (χ3n) is 3.44. The van der Waals surface area contributed by atoms with Crippen molar-refractivity contribution in [2.75, 3.05) is 0 Å². The Balaban J connectivity index is 1.72. The lowest BCUT2D eigenvalue weighted by molar-refractivity contribution is 0.177. The van der Waals surface area contributed by atoms with Crippen LogP contribution >= 0.6 is 15.9 Å². The Kier molecular flexibility index (Phi) is 4.08. The summed E-state index contributed by atoms with van der Waals surface area (Å²) in [6, 6.07) is 15.8. The maximum Gasteiger partial charge on any atom is 0.120 e. The first-order valence-electron chi connectivity index (χ1n) is 6.90. The molecule has 3 heteroatoms. The molecule has 2 aromatic rings. The molecule has 1 fully saturated rings. The van der Waals surface area contributed by atoms with E-state index in [0.29, 0.717) is 12.5 Å². The number of benzene rings is 2. The third-order valence-corrected chi connectivity index (χ3v) is 4.21. The van der Waals surface area contributed by atoms with Crippen LogP contribution in [0, 0.1) is 0 Å². The quantitative estimate of drug-likeness (QED) is 0.886. The van der Waals surface area contributed by atoms with Crippen molar-refractivity contribution >= 4 is 15.9 Å². The molecule has 1 saturated carbocycles. The molecule has 2 nitrogen and oxygen atoms in total. The van der Waals surface area contributed by atoms with E-state index >= 15 is 0 Å². The van der Waals surface area contributed by atoms with Crippen molar-refractivity contribution in [3.63, 3.8) is 0 Å². The normalized spacial score (nSPS) is 15.9. The summed E-state index contributed by atoms with van der Waals surface area (Å²) < 4.78 is 6.80. The second-order valence-electron chi connectivity index (χ2n) is 5.20.